The lowest BCUT2D eigenvalue weighted by atomic mass is 10.3. The van der Waals surface area contributed by atoms with E-state index in [1.165, 1.54) is 16.8 Å². The van der Waals surface area contributed by atoms with E-state index in [-0.39, 0.29) is 26.2 Å². The number of hydrogen-bond acceptors (Lipinski definition) is 5. The Balaban J connectivity index is 1.96. The Kier molecular flexibility index (Phi) is 3.22. The molecule has 0 aromatic rings. The lowest BCUT2D eigenvalue weighted by Gasteiger charge is -2.19. The second-order valence-electron chi connectivity index (χ2n) is 4.55. The molecule has 0 radical (unpaired) electrons. The third kappa shape index (κ3) is 2.16. The minimum Gasteiger partial charge on any atom is -0.388 e. The summed E-state index contributed by atoms with van der Waals surface area (Å²) in [5, 5.41) is 18.6. The van der Waals surface area contributed by atoms with E-state index in [0.29, 0.717) is 0 Å². The minimum atomic E-state index is -0.971. The first-order valence-electron chi connectivity index (χ1n) is 5.59. The van der Waals surface area contributed by atoms with E-state index < -0.39 is 30.1 Å². The molecule has 8 nitrogen and oxygen atoms in total. The maximum Gasteiger partial charge on any atom is 0.327 e. The number of carbonyl (C=O) groups excluding carboxylic acids is 3. The van der Waals surface area contributed by atoms with Crippen LogP contribution >= 0.6 is 0 Å². The standard InChI is InChI=1S/C10H15N3O5/c1-11-4-9(17)13(10(11)18)5-8(16)12-2-6(14)7(15)3-12/h6-7,14-15H,2-5H2,1H3. The Morgan fingerprint density at radius 2 is 1.83 bits per heavy atom. The molecule has 0 aliphatic carbocycles. The van der Waals surface area contributed by atoms with Crippen LogP contribution in [0.15, 0.2) is 0 Å². The zero-order chi connectivity index (χ0) is 13.4. The van der Waals surface area contributed by atoms with Crippen molar-refractivity contribution in [3.63, 3.8) is 0 Å². The second-order valence-corrected chi connectivity index (χ2v) is 4.55. The van der Waals surface area contributed by atoms with Gasteiger partial charge in [-0.3, -0.25) is 14.5 Å². The molecule has 0 spiro atoms. The zero-order valence-electron chi connectivity index (χ0n) is 9.94. The summed E-state index contributed by atoms with van der Waals surface area (Å²) >= 11 is 0. The van der Waals surface area contributed by atoms with Crippen LogP contribution in [-0.2, 0) is 9.59 Å². The lowest BCUT2D eigenvalue weighted by molar-refractivity contribution is -0.136. The maximum atomic E-state index is 11.8. The number of urea groups is 1. The average molecular weight is 257 g/mol. The van der Waals surface area contributed by atoms with Crippen LogP contribution in [0, 0.1) is 0 Å². The van der Waals surface area contributed by atoms with Crippen LogP contribution < -0.4 is 0 Å². The molecule has 0 saturated carbocycles. The highest BCUT2D eigenvalue weighted by atomic mass is 16.3. The molecule has 2 heterocycles. The van der Waals surface area contributed by atoms with E-state index in [2.05, 4.69) is 0 Å². The van der Waals surface area contributed by atoms with Gasteiger partial charge in [0.2, 0.25) is 5.91 Å². The van der Waals surface area contributed by atoms with Gasteiger partial charge in [-0.1, -0.05) is 0 Å². The molecular formula is C10H15N3O5. The quantitative estimate of drug-likeness (QED) is 0.530. The fourth-order valence-corrected chi connectivity index (χ4v) is 2.03. The number of β-amino-alcohol motifs (C(OH)–C–C–N with tert-alkyl or cyclic N) is 2. The monoisotopic (exact) mass is 257 g/mol. The predicted molar refractivity (Wildman–Crippen MR) is 58.3 cm³/mol. The number of imide groups is 1. The highest BCUT2D eigenvalue weighted by Crippen LogP contribution is 2.13. The summed E-state index contributed by atoms with van der Waals surface area (Å²) in [5.41, 5.74) is 0. The third-order valence-corrected chi connectivity index (χ3v) is 3.14. The molecule has 4 amide bonds. The van der Waals surface area contributed by atoms with E-state index in [0.717, 1.165) is 4.90 Å². The number of nitrogens with zero attached hydrogens (tertiary/aromatic N) is 3. The van der Waals surface area contributed by atoms with E-state index in [1.807, 2.05) is 0 Å². The fraction of sp³-hybridized carbons (Fsp3) is 0.700. The molecule has 0 aromatic carbocycles. The molecule has 2 aliphatic heterocycles. The van der Waals surface area contributed by atoms with Crippen molar-refractivity contribution in [3.8, 4) is 0 Å². The number of hydrogen-bond donors (Lipinski definition) is 2. The largest absolute Gasteiger partial charge is 0.388 e. The van der Waals surface area contributed by atoms with Gasteiger partial charge in [0.1, 0.15) is 13.1 Å². The van der Waals surface area contributed by atoms with Crippen LogP contribution in [0.2, 0.25) is 0 Å². The number of likely N-dealkylation sites (N-methyl/N-ethyl adjacent to an activating group) is 1. The summed E-state index contributed by atoms with van der Waals surface area (Å²) in [6, 6.07) is -0.506. The van der Waals surface area contributed by atoms with Crippen molar-refractivity contribution in [2.24, 2.45) is 0 Å². The molecule has 0 bridgehead atoms. The van der Waals surface area contributed by atoms with Gasteiger partial charge in [-0.05, 0) is 0 Å². The van der Waals surface area contributed by atoms with Crippen molar-refractivity contribution in [3.05, 3.63) is 0 Å². The highest BCUT2D eigenvalue weighted by molar-refractivity contribution is 6.04. The number of likely N-dealkylation sites (tertiary alicyclic amines) is 1. The Morgan fingerprint density at radius 1 is 1.28 bits per heavy atom. The first-order valence-corrected chi connectivity index (χ1v) is 5.59. The fourth-order valence-electron chi connectivity index (χ4n) is 2.03. The van der Waals surface area contributed by atoms with E-state index in [1.54, 1.807) is 0 Å². The molecule has 18 heavy (non-hydrogen) atoms. The lowest BCUT2D eigenvalue weighted by Crippen LogP contribution is -2.42. The number of aliphatic hydroxyl groups excluding tert-OH is 2. The van der Waals surface area contributed by atoms with E-state index in [4.69, 9.17) is 0 Å². The molecule has 2 rings (SSSR count). The van der Waals surface area contributed by atoms with Crippen LogP contribution in [0.4, 0.5) is 4.79 Å². The molecule has 2 N–H and O–H groups in total. The van der Waals surface area contributed by atoms with Crippen LogP contribution in [0.3, 0.4) is 0 Å². The summed E-state index contributed by atoms with van der Waals surface area (Å²) < 4.78 is 0. The number of rotatable bonds is 2. The summed E-state index contributed by atoms with van der Waals surface area (Å²) in [7, 11) is 1.48. The minimum absolute atomic E-state index is 0.0199. The van der Waals surface area contributed by atoms with Gasteiger partial charge >= 0.3 is 6.03 Å². The molecule has 8 heteroatoms. The molecule has 2 aliphatic rings. The number of amides is 4. The normalized spacial score (nSPS) is 28.5. The van der Waals surface area contributed by atoms with Crippen molar-refractivity contribution in [2.75, 3.05) is 33.2 Å². The SMILES string of the molecule is CN1CC(=O)N(CC(=O)N2CC(O)C(O)C2)C1=O. The molecule has 100 valence electrons. The summed E-state index contributed by atoms with van der Waals surface area (Å²) in [6.07, 6.45) is -1.94. The Bertz CT molecular complexity index is 389. The van der Waals surface area contributed by atoms with Gasteiger partial charge in [-0.2, -0.15) is 0 Å². The predicted octanol–water partition coefficient (Wildman–Crippen LogP) is -2.56. The van der Waals surface area contributed by atoms with Gasteiger partial charge in [0.15, 0.2) is 0 Å². The Labute approximate surface area is 103 Å². The van der Waals surface area contributed by atoms with E-state index in [9.17, 15) is 24.6 Å². The van der Waals surface area contributed by atoms with Gasteiger partial charge < -0.3 is 20.0 Å². The average Bonchev–Trinajstić information content (AvgIpc) is 2.75. The van der Waals surface area contributed by atoms with Gasteiger partial charge in [0, 0.05) is 20.1 Å². The molecule has 2 atom stereocenters. The van der Waals surface area contributed by atoms with Crippen molar-refractivity contribution in [2.45, 2.75) is 12.2 Å². The van der Waals surface area contributed by atoms with E-state index >= 15 is 0 Å². The van der Waals surface area contributed by atoms with Crippen molar-refractivity contribution < 1.29 is 24.6 Å². The molecule has 0 aromatic heterocycles. The highest BCUT2D eigenvalue weighted by Gasteiger charge is 2.38. The van der Waals surface area contributed by atoms with Crippen LogP contribution in [0.5, 0.6) is 0 Å². The summed E-state index contributed by atoms with van der Waals surface area (Å²) in [6.45, 7) is -0.336. The Hall–Kier alpha value is -1.67. The molecule has 2 unspecified atom stereocenters. The first-order chi connectivity index (χ1) is 8.40. The second kappa shape index (κ2) is 4.54. The molecular weight excluding hydrogens is 242 g/mol. The maximum absolute atomic E-state index is 11.8. The van der Waals surface area contributed by atoms with Crippen molar-refractivity contribution in [1.82, 2.24) is 14.7 Å². The van der Waals surface area contributed by atoms with Crippen LogP contribution in [-0.4, -0.2) is 88.2 Å². The van der Waals surface area contributed by atoms with Crippen LogP contribution in [0.1, 0.15) is 0 Å². The van der Waals surface area contributed by atoms with Crippen LogP contribution in [0.25, 0.3) is 0 Å². The Morgan fingerprint density at radius 3 is 2.28 bits per heavy atom. The zero-order valence-corrected chi connectivity index (χ0v) is 9.94. The molecule has 2 saturated heterocycles. The van der Waals surface area contributed by atoms with Crippen molar-refractivity contribution in [1.29, 1.82) is 0 Å². The topological polar surface area (TPSA) is 101 Å². The molecule has 2 fully saturated rings. The number of carbonyl (C=O) groups is 3. The van der Waals surface area contributed by atoms with Gasteiger partial charge in [-0.25, -0.2) is 4.79 Å². The van der Waals surface area contributed by atoms with Crippen molar-refractivity contribution >= 4 is 17.8 Å². The summed E-state index contributed by atoms with van der Waals surface area (Å²) in [4.78, 5) is 38.2. The smallest absolute Gasteiger partial charge is 0.327 e. The van der Waals surface area contributed by atoms with Gasteiger partial charge in [0.05, 0.1) is 12.2 Å². The number of aliphatic hydroxyl groups is 2. The summed E-state index contributed by atoms with van der Waals surface area (Å²) in [5.74, 6) is -0.876. The van der Waals surface area contributed by atoms with Gasteiger partial charge in [-0.15, -0.1) is 0 Å². The first kappa shape index (κ1) is 12.8. The third-order valence-electron chi connectivity index (χ3n) is 3.14. The van der Waals surface area contributed by atoms with Gasteiger partial charge in [0.25, 0.3) is 5.91 Å².